The maximum atomic E-state index is 12.1. The summed E-state index contributed by atoms with van der Waals surface area (Å²) >= 11 is 0. The summed E-state index contributed by atoms with van der Waals surface area (Å²) in [5.41, 5.74) is 0.897. The lowest BCUT2D eigenvalue weighted by Gasteiger charge is -2.55. The molecule has 1 aromatic carbocycles. The minimum Gasteiger partial charge on any atom is -0.497 e. The van der Waals surface area contributed by atoms with Crippen LogP contribution in [0.1, 0.15) is 24.8 Å². The lowest BCUT2D eigenvalue weighted by Crippen LogP contribution is -2.65. The lowest BCUT2D eigenvalue weighted by atomic mass is 9.58. The second-order valence-electron chi connectivity index (χ2n) is 6.66. The summed E-state index contributed by atoms with van der Waals surface area (Å²) in [6.07, 6.45) is 2.15. The largest absolute Gasteiger partial charge is 0.497 e. The highest BCUT2D eigenvalue weighted by atomic mass is 16.5. The normalized spacial score (nSPS) is 25.1. The van der Waals surface area contributed by atoms with Crippen LogP contribution in [0.5, 0.6) is 5.75 Å². The highest BCUT2D eigenvalue weighted by Crippen LogP contribution is 2.48. The summed E-state index contributed by atoms with van der Waals surface area (Å²) in [7, 11) is 1.63. The van der Waals surface area contributed by atoms with E-state index < -0.39 is 0 Å². The van der Waals surface area contributed by atoms with Gasteiger partial charge in [-0.05, 0) is 37.0 Å². The maximum absolute atomic E-state index is 12.1. The van der Waals surface area contributed by atoms with Gasteiger partial charge in [-0.3, -0.25) is 4.79 Å². The van der Waals surface area contributed by atoms with Crippen LogP contribution in [-0.2, 0) is 16.1 Å². The second kappa shape index (κ2) is 7.51. The molecular weight excluding hydrogens is 308 g/mol. The number of aliphatic hydroxyl groups is 1. The van der Waals surface area contributed by atoms with Gasteiger partial charge in [0.05, 0.1) is 19.8 Å². The summed E-state index contributed by atoms with van der Waals surface area (Å²) in [6.45, 7) is 2.13. The van der Waals surface area contributed by atoms with Crippen LogP contribution in [0, 0.1) is 5.41 Å². The van der Waals surface area contributed by atoms with Crippen LogP contribution in [0.4, 0.5) is 0 Å². The first-order chi connectivity index (χ1) is 11.6. The molecule has 6 nitrogen and oxygen atoms in total. The van der Waals surface area contributed by atoms with Gasteiger partial charge in [0.15, 0.2) is 0 Å². The van der Waals surface area contributed by atoms with Gasteiger partial charge in [-0.25, -0.2) is 0 Å². The predicted octanol–water partition coefficient (Wildman–Crippen LogP) is 0.831. The molecule has 1 amide bonds. The third-order valence-corrected chi connectivity index (χ3v) is 5.37. The van der Waals surface area contributed by atoms with Crippen LogP contribution in [0.25, 0.3) is 0 Å². The predicted molar refractivity (Wildman–Crippen MR) is 89.7 cm³/mol. The molecular formula is C18H26N2O4. The number of nitrogens with one attached hydrogen (secondary N) is 2. The van der Waals surface area contributed by atoms with Gasteiger partial charge in [0.1, 0.15) is 5.75 Å². The molecule has 6 heteroatoms. The number of aliphatic hydroxyl groups excluding tert-OH is 1. The number of amides is 1. The fourth-order valence-electron chi connectivity index (χ4n) is 3.75. The van der Waals surface area contributed by atoms with Gasteiger partial charge >= 0.3 is 0 Å². The van der Waals surface area contributed by atoms with Crippen LogP contribution < -0.4 is 15.4 Å². The van der Waals surface area contributed by atoms with Crippen LogP contribution in [0.15, 0.2) is 24.3 Å². The van der Waals surface area contributed by atoms with Crippen molar-refractivity contribution in [2.45, 2.75) is 38.0 Å². The van der Waals surface area contributed by atoms with E-state index in [1.54, 1.807) is 7.11 Å². The van der Waals surface area contributed by atoms with Crippen molar-refractivity contribution < 1.29 is 19.4 Å². The van der Waals surface area contributed by atoms with Crippen molar-refractivity contribution in [3.8, 4) is 5.75 Å². The molecule has 0 bridgehead atoms. The van der Waals surface area contributed by atoms with Crippen LogP contribution >= 0.6 is 0 Å². The molecule has 1 heterocycles. The molecule has 1 aromatic rings. The number of carbonyl (C=O) groups is 1. The average Bonchev–Trinajstić information content (AvgIpc) is 2.64. The van der Waals surface area contributed by atoms with E-state index in [-0.39, 0.29) is 30.0 Å². The monoisotopic (exact) mass is 334 g/mol. The molecule has 1 aliphatic heterocycles. The summed E-state index contributed by atoms with van der Waals surface area (Å²) in [5.74, 6) is 0.742. The zero-order valence-electron chi connectivity index (χ0n) is 14.1. The van der Waals surface area contributed by atoms with Crippen LogP contribution in [0.3, 0.4) is 0 Å². The first-order valence-electron chi connectivity index (χ1n) is 8.53. The van der Waals surface area contributed by atoms with E-state index in [4.69, 9.17) is 9.47 Å². The third-order valence-electron chi connectivity index (χ3n) is 5.37. The molecule has 1 aliphatic carbocycles. The van der Waals surface area contributed by atoms with E-state index in [0.29, 0.717) is 26.2 Å². The summed E-state index contributed by atoms with van der Waals surface area (Å²) in [4.78, 5) is 12.1. The molecule has 2 fully saturated rings. The Labute approximate surface area is 142 Å². The van der Waals surface area contributed by atoms with Crippen molar-refractivity contribution >= 4 is 5.91 Å². The summed E-state index contributed by atoms with van der Waals surface area (Å²) in [5, 5.41) is 16.4. The Morgan fingerprint density at radius 2 is 2.21 bits per heavy atom. The number of hydrogen-bond acceptors (Lipinski definition) is 5. The van der Waals surface area contributed by atoms with E-state index in [1.165, 1.54) is 0 Å². The van der Waals surface area contributed by atoms with E-state index in [0.717, 1.165) is 24.2 Å². The van der Waals surface area contributed by atoms with E-state index in [1.807, 2.05) is 24.3 Å². The fraction of sp³-hybridized carbons (Fsp3) is 0.611. The molecule has 0 aromatic heterocycles. The zero-order chi connectivity index (χ0) is 17.0. The molecule has 1 saturated carbocycles. The van der Waals surface area contributed by atoms with E-state index in [9.17, 15) is 9.90 Å². The van der Waals surface area contributed by atoms with Crippen molar-refractivity contribution in [2.75, 3.05) is 26.9 Å². The quantitative estimate of drug-likeness (QED) is 0.718. The summed E-state index contributed by atoms with van der Waals surface area (Å²) < 4.78 is 10.6. The van der Waals surface area contributed by atoms with Gasteiger partial charge in [-0.1, -0.05) is 12.1 Å². The van der Waals surface area contributed by atoms with Gasteiger partial charge in [0.2, 0.25) is 5.91 Å². The Bertz CT molecular complexity index is 572. The van der Waals surface area contributed by atoms with E-state index in [2.05, 4.69) is 10.6 Å². The minimum absolute atomic E-state index is 0.0404. The van der Waals surface area contributed by atoms with Gasteiger partial charge in [0, 0.05) is 31.2 Å². The van der Waals surface area contributed by atoms with Crippen molar-refractivity contribution in [1.29, 1.82) is 0 Å². The first kappa shape index (κ1) is 17.2. The molecule has 0 unspecified atom stereocenters. The molecule has 3 rings (SSSR count). The highest BCUT2D eigenvalue weighted by molar-refractivity contribution is 5.78. The molecule has 3 N–H and O–H groups in total. The Morgan fingerprint density at radius 3 is 2.92 bits per heavy atom. The smallest absolute Gasteiger partial charge is 0.234 e. The van der Waals surface area contributed by atoms with Gasteiger partial charge in [-0.2, -0.15) is 0 Å². The Hall–Kier alpha value is -1.63. The van der Waals surface area contributed by atoms with Gasteiger partial charge in [-0.15, -0.1) is 0 Å². The topological polar surface area (TPSA) is 79.8 Å². The summed E-state index contributed by atoms with van der Waals surface area (Å²) in [6, 6.07) is 7.84. The number of methoxy groups -OCH3 is 1. The highest BCUT2D eigenvalue weighted by Gasteiger charge is 2.54. The van der Waals surface area contributed by atoms with Crippen molar-refractivity contribution in [1.82, 2.24) is 10.6 Å². The standard InChI is InChI=1S/C18H26N2O4/c1-23-14-4-2-3-13(9-14)11-20-17(22)12-19-15-10-16(21)18(15)5-7-24-8-6-18/h2-4,9,15-16,19,21H,5-8,10-12H2,1H3,(H,20,22)/t15-,16-/m1/s1. The maximum Gasteiger partial charge on any atom is 0.234 e. The number of hydrogen-bond donors (Lipinski definition) is 3. The SMILES string of the molecule is COc1cccc(CNC(=O)CN[C@@H]2C[C@@H](O)C23CCOCC3)c1. The molecule has 132 valence electrons. The number of carbonyl (C=O) groups excluding carboxylic acids is 1. The lowest BCUT2D eigenvalue weighted by molar-refractivity contribution is -0.150. The number of benzene rings is 1. The van der Waals surface area contributed by atoms with E-state index >= 15 is 0 Å². The molecule has 0 radical (unpaired) electrons. The zero-order valence-corrected chi connectivity index (χ0v) is 14.1. The van der Waals surface area contributed by atoms with Gasteiger partial charge in [0.25, 0.3) is 0 Å². The number of rotatable bonds is 6. The Kier molecular flexibility index (Phi) is 5.38. The molecule has 2 atom stereocenters. The first-order valence-corrected chi connectivity index (χ1v) is 8.53. The number of ether oxygens (including phenoxy) is 2. The van der Waals surface area contributed by atoms with Crippen molar-refractivity contribution in [3.05, 3.63) is 29.8 Å². The molecule has 1 spiro atoms. The van der Waals surface area contributed by atoms with Crippen molar-refractivity contribution in [3.63, 3.8) is 0 Å². The Balaban J connectivity index is 1.44. The molecule has 2 aliphatic rings. The second-order valence-corrected chi connectivity index (χ2v) is 6.66. The Morgan fingerprint density at radius 1 is 1.42 bits per heavy atom. The fourth-order valence-corrected chi connectivity index (χ4v) is 3.75. The third kappa shape index (κ3) is 3.55. The van der Waals surface area contributed by atoms with Crippen molar-refractivity contribution in [2.24, 2.45) is 5.41 Å². The van der Waals surface area contributed by atoms with Crippen LogP contribution in [-0.4, -0.2) is 50.0 Å². The average molecular weight is 334 g/mol. The van der Waals surface area contributed by atoms with Crippen LogP contribution in [0.2, 0.25) is 0 Å². The minimum atomic E-state index is -0.279. The van der Waals surface area contributed by atoms with Gasteiger partial charge < -0.3 is 25.2 Å². The molecule has 1 saturated heterocycles. The molecule has 24 heavy (non-hydrogen) atoms.